The summed E-state index contributed by atoms with van der Waals surface area (Å²) in [5.74, 6) is -0.256. The number of hydrogen-bond acceptors (Lipinski definition) is 3. The molecule has 0 radical (unpaired) electrons. The molecular weight excluding hydrogens is 294 g/mol. The average Bonchev–Trinajstić information content (AvgIpc) is 2.29. The number of phosphoric acid groups is 1. The molecule has 0 aromatic heterocycles. The summed E-state index contributed by atoms with van der Waals surface area (Å²) in [6.45, 7) is 8.00. The van der Waals surface area contributed by atoms with E-state index in [4.69, 9.17) is 24.0 Å². The van der Waals surface area contributed by atoms with Gasteiger partial charge in [-0.2, -0.15) is 0 Å². The molecule has 3 N–H and O–H groups in total. The van der Waals surface area contributed by atoms with Gasteiger partial charge in [0, 0.05) is 0 Å². The van der Waals surface area contributed by atoms with Crippen molar-refractivity contribution >= 4 is 41.7 Å². The smallest absolute Gasteiger partial charge is 0.303 e. The van der Waals surface area contributed by atoms with Crippen molar-refractivity contribution in [2.75, 3.05) is 6.61 Å². The van der Waals surface area contributed by atoms with Crippen molar-refractivity contribution in [2.45, 2.75) is 49.1 Å². The van der Waals surface area contributed by atoms with Crippen LogP contribution in [0.2, 0.25) is 3.17 Å². The summed E-state index contributed by atoms with van der Waals surface area (Å²) >= 11 is 1.26. The maximum atomic E-state index is 11.0. The van der Waals surface area contributed by atoms with Crippen LogP contribution in [0.15, 0.2) is 12.2 Å². The Labute approximate surface area is 138 Å². The minimum Gasteiger partial charge on any atom is -0.303 e. The molecule has 0 saturated heterocycles. The van der Waals surface area contributed by atoms with E-state index < -0.39 is 7.82 Å². The van der Waals surface area contributed by atoms with Gasteiger partial charge in [0.2, 0.25) is 0 Å². The summed E-state index contributed by atoms with van der Waals surface area (Å²) in [5.41, 5.74) is 0.489. The van der Waals surface area contributed by atoms with Crippen LogP contribution in [-0.4, -0.2) is 55.2 Å². The number of ether oxygens (including phenoxy) is 1. The van der Waals surface area contributed by atoms with Crippen LogP contribution < -0.4 is 0 Å². The number of unbranched alkanes of at least 4 members (excludes halogenated alkanes) is 1. The summed E-state index contributed by atoms with van der Waals surface area (Å²) in [6.07, 6.45) is 6.16. The first-order valence-electron chi connectivity index (χ1n) is 6.68. The molecule has 20 heavy (non-hydrogen) atoms. The van der Waals surface area contributed by atoms with Crippen molar-refractivity contribution in [1.82, 2.24) is 0 Å². The van der Waals surface area contributed by atoms with Crippen molar-refractivity contribution in [3.05, 3.63) is 12.2 Å². The fourth-order valence-electron chi connectivity index (χ4n) is 1.42. The SMILES string of the molecule is C=C(C)C(=O)OCCC[CH]([Na])CCCC.O=P(O)(O)O. The monoisotopic (exact) mass is 318 g/mol. The van der Waals surface area contributed by atoms with Gasteiger partial charge < -0.3 is 14.7 Å². The van der Waals surface area contributed by atoms with Gasteiger partial charge in [-0.25, -0.2) is 4.57 Å². The Balaban J connectivity index is 0. The summed E-state index contributed by atoms with van der Waals surface area (Å²) in [6, 6.07) is 0. The van der Waals surface area contributed by atoms with Gasteiger partial charge in [0.1, 0.15) is 0 Å². The molecule has 0 saturated carbocycles. The molecular formula is C12H24NaO6P. The number of rotatable bonds is 8. The molecule has 6 nitrogen and oxygen atoms in total. The summed E-state index contributed by atoms with van der Waals surface area (Å²) in [5, 5.41) is 0. The van der Waals surface area contributed by atoms with Gasteiger partial charge in [0.05, 0.1) is 0 Å². The Morgan fingerprint density at radius 1 is 1.30 bits per heavy atom. The second kappa shape index (κ2) is 13.0. The Kier molecular flexibility index (Phi) is 14.7. The summed E-state index contributed by atoms with van der Waals surface area (Å²) in [7, 11) is -4.64. The molecule has 114 valence electrons. The van der Waals surface area contributed by atoms with Crippen LogP contribution in [0.5, 0.6) is 0 Å². The third kappa shape index (κ3) is 23.4. The van der Waals surface area contributed by atoms with Gasteiger partial charge in [0.25, 0.3) is 0 Å². The Bertz CT molecular complexity index is 320. The van der Waals surface area contributed by atoms with Gasteiger partial charge in [-0.15, -0.1) is 0 Å². The van der Waals surface area contributed by atoms with Crippen molar-refractivity contribution < 1.29 is 28.8 Å². The number of carbonyl (C=O) groups excluding carboxylic acids is 1. The van der Waals surface area contributed by atoms with E-state index in [9.17, 15) is 4.79 Å². The van der Waals surface area contributed by atoms with E-state index in [1.54, 1.807) is 6.92 Å². The topological polar surface area (TPSA) is 104 Å². The number of hydrogen-bond donors (Lipinski definition) is 3. The van der Waals surface area contributed by atoms with Crippen LogP contribution in [0, 0.1) is 0 Å². The van der Waals surface area contributed by atoms with Crippen molar-refractivity contribution in [3.63, 3.8) is 0 Å². The fourth-order valence-corrected chi connectivity index (χ4v) is 2.23. The molecule has 0 aliphatic heterocycles. The molecule has 8 heteroatoms. The summed E-state index contributed by atoms with van der Waals surface area (Å²) < 4.78 is 14.8. The molecule has 0 aliphatic rings. The van der Waals surface area contributed by atoms with E-state index in [0.717, 1.165) is 9.59 Å². The molecule has 0 spiro atoms. The predicted octanol–water partition coefficient (Wildman–Crippen LogP) is 2.10. The second-order valence-corrected chi connectivity index (χ2v) is 7.48. The Morgan fingerprint density at radius 3 is 2.15 bits per heavy atom. The van der Waals surface area contributed by atoms with Crippen LogP contribution in [0.4, 0.5) is 0 Å². The van der Waals surface area contributed by atoms with E-state index in [1.165, 1.54) is 53.6 Å². The van der Waals surface area contributed by atoms with Gasteiger partial charge in [-0.05, 0) is 0 Å². The zero-order valence-corrected chi connectivity index (χ0v) is 15.4. The van der Waals surface area contributed by atoms with E-state index >= 15 is 0 Å². The Hall–Kier alpha value is 0.320. The molecule has 0 aliphatic carbocycles. The first-order valence-corrected chi connectivity index (χ1v) is 9.40. The quantitative estimate of drug-likeness (QED) is 0.208. The molecule has 1 unspecified atom stereocenters. The van der Waals surface area contributed by atoms with E-state index in [0.29, 0.717) is 12.2 Å². The van der Waals surface area contributed by atoms with Crippen LogP contribution >= 0.6 is 7.82 Å². The number of carbonyl (C=O) groups is 1. The normalized spacial score (nSPS) is 12.2. The molecule has 0 aromatic rings. The first-order chi connectivity index (χ1) is 9.07. The standard InChI is InChI=1S/C12H21O2.Na.H3O4P/c1-4-5-6-7-8-9-10-14-12(13)11(2)3;;1-5(2,3)4/h7H,2,4-6,8-10H2,1,3H3;;(H3,1,2,3,4). The van der Waals surface area contributed by atoms with Gasteiger partial charge in [-0.3, -0.25) is 0 Å². The van der Waals surface area contributed by atoms with Crippen molar-refractivity contribution in [3.8, 4) is 0 Å². The molecule has 1 atom stereocenters. The van der Waals surface area contributed by atoms with E-state index in [-0.39, 0.29) is 5.97 Å². The molecule has 0 fully saturated rings. The zero-order chi connectivity index (χ0) is 16.2. The predicted molar refractivity (Wildman–Crippen MR) is 78.3 cm³/mol. The first kappa shape index (κ1) is 22.6. The second-order valence-electron chi connectivity index (χ2n) is 4.82. The molecule has 0 bridgehead atoms. The Morgan fingerprint density at radius 2 is 1.75 bits per heavy atom. The molecule has 0 heterocycles. The van der Waals surface area contributed by atoms with Crippen molar-refractivity contribution in [2.24, 2.45) is 0 Å². The number of esters is 1. The molecule has 0 amide bonds. The van der Waals surface area contributed by atoms with Crippen LogP contribution in [-0.2, 0) is 14.1 Å². The third-order valence-corrected chi connectivity index (χ3v) is 3.63. The van der Waals surface area contributed by atoms with Crippen molar-refractivity contribution in [1.29, 1.82) is 0 Å². The maximum absolute atomic E-state index is 11.0. The van der Waals surface area contributed by atoms with E-state index in [1.807, 2.05) is 0 Å². The fraction of sp³-hybridized carbons (Fsp3) is 0.750. The molecule has 0 rings (SSSR count). The van der Waals surface area contributed by atoms with Crippen LogP contribution in [0.1, 0.15) is 46.0 Å². The van der Waals surface area contributed by atoms with Gasteiger partial charge in [-0.1, -0.05) is 0 Å². The average molecular weight is 318 g/mol. The minimum absolute atomic E-state index is 0.256. The largest absolute Gasteiger partial charge is 0.466 e. The van der Waals surface area contributed by atoms with Gasteiger partial charge in [0.15, 0.2) is 0 Å². The minimum atomic E-state index is -4.64. The molecule has 0 aromatic carbocycles. The summed E-state index contributed by atoms with van der Waals surface area (Å²) in [4.78, 5) is 32.6. The van der Waals surface area contributed by atoms with Gasteiger partial charge >= 0.3 is 119 Å². The van der Waals surface area contributed by atoms with Crippen LogP contribution in [0.3, 0.4) is 0 Å². The van der Waals surface area contributed by atoms with Crippen LogP contribution in [0.25, 0.3) is 0 Å². The third-order valence-electron chi connectivity index (χ3n) is 2.47. The van der Waals surface area contributed by atoms with E-state index in [2.05, 4.69) is 13.5 Å². The zero-order valence-electron chi connectivity index (χ0n) is 12.5. The maximum Gasteiger partial charge on any atom is 0.466 e.